The molecular formula is C15H19N3S. The maximum atomic E-state index is 4.58. The fourth-order valence-electron chi connectivity index (χ4n) is 3.09. The summed E-state index contributed by atoms with van der Waals surface area (Å²) in [7, 11) is 2.18. The van der Waals surface area contributed by atoms with Crippen LogP contribution in [0.25, 0.3) is 10.2 Å². The quantitative estimate of drug-likeness (QED) is 0.854. The van der Waals surface area contributed by atoms with Crippen LogP contribution in [0.15, 0.2) is 6.33 Å². The van der Waals surface area contributed by atoms with Crippen molar-refractivity contribution in [2.75, 3.05) is 18.5 Å². The van der Waals surface area contributed by atoms with Crippen LogP contribution in [-0.4, -0.2) is 23.6 Å². The highest BCUT2D eigenvalue weighted by Gasteiger charge is 2.24. The number of anilines is 1. The molecule has 4 rings (SSSR count). The van der Waals surface area contributed by atoms with Gasteiger partial charge in [-0.15, -0.1) is 11.3 Å². The lowest BCUT2D eigenvalue weighted by Gasteiger charge is -2.19. The van der Waals surface area contributed by atoms with Crippen molar-refractivity contribution in [1.29, 1.82) is 0 Å². The molecule has 4 heteroatoms. The van der Waals surface area contributed by atoms with E-state index in [9.17, 15) is 0 Å². The molecule has 2 aromatic heterocycles. The topological polar surface area (TPSA) is 29.0 Å². The molecule has 2 aromatic rings. The Morgan fingerprint density at radius 1 is 1.32 bits per heavy atom. The van der Waals surface area contributed by atoms with E-state index in [0.717, 1.165) is 18.3 Å². The zero-order valence-corrected chi connectivity index (χ0v) is 12.2. The van der Waals surface area contributed by atoms with E-state index in [4.69, 9.17) is 0 Å². The van der Waals surface area contributed by atoms with Crippen LogP contribution in [0.1, 0.15) is 36.1 Å². The van der Waals surface area contributed by atoms with Gasteiger partial charge >= 0.3 is 0 Å². The molecule has 2 heterocycles. The molecule has 0 saturated heterocycles. The molecule has 1 saturated carbocycles. The first-order valence-corrected chi connectivity index (χ1v) is 8.11. The lowest BCUT2D eigenvalue weighted by Crippen LogP contribution is -2.20. The van der Waals surface area contributed by atoms with Crippen LogP contribution >= 0.6 is 11.3 Å². The molecule has 19 heavy (non-hydrogen) atoms. The van der Waals surface area contributed by atoms with Crippen molar-refractivity contribution in [3.05, 3.63) is 16.8 Å². The minimum atomic E-state index is 0.980. The summed E-state index contributed by atoms with van der Waals surface area (Å²) in [5, 5.41) is 1.35. The maximum absolute atomic E-state index is 4.58. The van der Waals surface area contributed by atoms with Gasteiger partial charge in [0.05, 0.1) is 5.39 Å². The van der Waals surface area contributed by atoms with Crippen LogP contribution in [0.5, 0.6) is 0 Å². The van der Waals surface area contributed by atoms with Crippen molar-refractivity contribution in [3.63, 3.8) is 0 Å². The standard InChI is InChI=1S/C15H19N3S/c1-18(8-7-10-5-6-10)14-13-11-3-2-4-12(11)19-15(13)17-9-16-14/h9-10H,2-8H2,1H3. The number of rotatable bonds is 4. The Hall–Kier alpha value is -1.16. The van der Waals surface area contributed by atoms with Crippen molar-refractivity contribution >= 4 is 27.4 Å². The van der Waals surface area contributed by atoms with E-state index < -0.39 is 0 Å². The average molecular weight is 273 g/mol. The number of hydrogen-bond donors (Lipinski definition) is 0. The van der Waals surface area contributed by atoms with Gasteiger partial charge in [-0.3, -0.25) is 0 Å². The van der Waals surface area contributed by atoms with E-state index in [2.05, 4.69) is 21.9 Å². The van der Waals surface area contributed by atoms with Crippen molar-refractivity contribution in [2.45, 2.75) is 38.5 Å². The summed E-state index contributed by atoms with van der Waals surface area (Å²) >= 11 is 1.88. The van der Waals surface area contributed by atoms with E-state index in [0.29, 0.717) is 0 Å². The van der Waals surface area contributed by atoms with Gasteiger partial charge < -0.3 is 4.90 Å². The van der Waals surface area contributed by atoms with Gasteiger partial charge in [-0.2, -0.15) is 0 Å². The van der Waals surface area contributed by atoms with Crippen LogP contribution in [0.4, 0.5) is 5.82 Å². The number of aryl methyl sites for hydroxylation is 2. The van der Waals surface area contributed by atoms with Crippen molar-refractivity contribution in [2.24, 2.45) is 5.92 Å². The Kier molecular flexibility index (Phi) is 2.72. The van der Waals surface area contributed by atoms with E-state index in [1.54, 1.807) is 11.2 Å². The number of aromatic nitrogens is 2. The number of hydrogen-bond acceptors (Lipinski definition) is 4. The van der Waals surface area contributed by atoms with Crippen LogP contribution in [0, 0.1) is 5.92 Å². The lowest BCUT2D eigenvalue weighted by atomic mass is 10.2. The highest BCUT2D eigenvalue weighted by atomic mass is 32.1. The van der Waals surface area contributed by atoms with E-state index >= 15 is 0 Å². The molecule has 0 aliphatic heterocycles. The highest BCUT2D eigenvalue weighted by molar-refractivity contribution is 7.19. The van der Waals surface area contributed by atoms with Crippen molar-refractivity contribution in [1.82, 2.24) is 9.97 Å². The van der Waals surface area contributed by atoms with Crippen LogP contribution in [0.3, 0.4) is 0 Å². The molecule has 3 nitrogen and oxygen atoms in total. The third-order valence-electron chi connectivity index (χ3n) is 4.41. The van der Waals surface area contributed by atoms with Gasteiger partial charge in [-0.05, 0) is 37.2 Å². The fourth-order valence-corrected chi connectivity index (χ4v) is 4.31. The van der Waals surface area contributed by atoms with E-state index in [1.165, 1.54) is 54.3 Å². The lowest BCUT2D eigenvalue weighted by molar-refractivity contribution is 0.707. The highest BCUT2D eigenvalue weighted by Crippen LogP contribution is 2.40. The predicted octanol–water partition coefficient (Wildman–Crippen LogP) is 3.42. The molecular weight excluding hydrogens is 254 g/mol. The smallest absolute Gasteiger partial charge is 0.140 e. The summed E-state index contributed by atoms with van der Waals surface area (Å²) in [6.07, 6.45) is 9.66. The second-order valence-corrected chi connectivity index (χ2v) is 6.97. The molecule has 2 aliphatic rings. The molecule has 0 aromatic carbocycles. The van der Waals surface area contributed by atoms with Crippen LogP contribution in [-0.2, 0) is 12.8 Å². The molecule has 0 radical (unpaired) electrons. The van der Waals surface area contributed by atoms with Gasteiger partial charge in [0, 0.05) is 18.5 Å². The van der Waals surface area contributed by atoms with Crippen molar-refractivity contribution in [3.8, 4) is 0 Å². The van der Waals surface area contributed by atoms with Crippen LogP contribution < -0.4 is 4.90 Å². The van der Waals surface area contributed by atoms with Crippen molar-refractivity contribution < 1.29 is 0 Å². The van der Waals surface area contributed by atoms with Gasteiger partial charge in [0.15, 0.2) is 0 Å². The van der Waals surface area contributed by atoms with Crippen LogP contribution in [0.2, 0.25) is 0 Å². The van der Waals surface area contributed by atoms with E-state index in [1.807, 2.05) is 11.3 Å². The summed E-state index contributed by atoms with van der Waals surface area (Å²) in [5.74, 6) is 2.14. The average Bonchev–Trinajstić information content (AvgIpc) is 3.02. The number of nitrogens with zero attached hydrogens (tertiary/aromatic N) is 3. The Bertz CT molecular complexity index is 615. The van der Waals surface area contributed by atoms with Gasteiger partial charge in [0.2, 0.25) is 0 Å². The molecule has 0 bridgehead atoms. The molecule has 1 fully saturated rings. The third kappa shape index (κ3) is 2.02. The second-order valence-electron chi connectivity index (χ2n) is 5.89. The first kappa shape index (κ1) is 11.6. The van der Waals surface area contributed by atoms with E-state index in [-0.39, 0.29) is 0 Å². The Balaban J connectivity index is 1.71. The van der Waals surface area contributed by atoms with Gasteiger partial charge in [0.1, 0.15) is 17.0 Å². The Labute approximate surface area is 117 Å². The molecule has 2 aliphatic carbocycles. The molecule has 0 N–H and O–H groups in total. The fraction of sp³-hybridized carbons (Fsp3) is 0.600. The van der Waals surface area contributed by atoms with Gasteiger partial charge in [0.25, 0.3) is 0 Å². The first-order chi connectivity index (χ1) is 9.33. The zero-order valence-electron chi connectivity index (χ0n) is 11.4. The molecule has 100 valence electrons. The van der Waals surface area contributed by atoms with Gasteiger partial charge in [-0.1, -0.05) is 12.8 Å². The largest absolute Gasteiger partial charge is 0.359 e. The zero-order chi connectivity index (χ0) is 12.8. The summed E-state index contributed by atoms with van der Waals surface area (Å²) in [6.45, 7) is 1.13. The normalized spacial score (nSPS) is 17.9. The number of fused-ring (bicyclic) bond motifs is 3. The van der Waals surface area contributed by atoms with Gasteiger partial charge in [-0.25, -0.2) is 9.97 Å². The predicted molar refractivity (Wildman–Crippen MR) is 80.1 cm³/mol. The molecule has 0 atom stereocenters. The summed E-state index contributed by atoms with van der Waals surface area (Å²) in [5.41, 5.74) is 1.54. The maximum Gasteiger partial charge on any atom is 0.140 e. The summed E-state index contributed by atoms with van der Waals surface area (Å²) in [6, 6.07) is 0. The molecule has 0 unspecified atom stereocenters. The third-order valence-corrected chi connectivity index (χ3v) is 5.61. The second kappa shape index (κ2) is 4.44. The minimum Gasteiger partial charge on any atom is -0.359 e. The molecule has 0 amide bonds. The monoisotopic (exact) mass is 273 g/mol. The first-order valence-electron chi connectivity index (χ1n) is 7.29. The number of thiophene rings is 1. The SMILES string of the molecule is CN(CCC1CC1)c1ncnc2sc3c(c12)CCC3. The summed E-state index contributed by atoms with van der Waals surface area (Å²) < 4.78 is 0. The Morgan fingerprint density at radius 2 is 2.21 bits per heavy atom. The Morgan fingerprint density at radius 3 is 3.05 bits per heavy atom. The summed E-state index contributed by atoms with van der Waals surface area (Å²) in [4.78, 5) is 14.1. The molecule has 0 spiro atoms. The minimum absolute atomic E-state index is 0.980.